The van der Waals surface area contributed by atoms with Crippen molar-refractivity contribution < 1.29 is 9.46 Å². The summed E-state index contributed by atoms with van der Waals surface area (Å²) < 4.78 is 5.89. The number of hydrogen-bond acceptors (Lipinski definition) is 2. The van der Waals surface area contributed by atoms with E-state index < -0.39 is 8.32 Å². The fourth-order valence-electron chi connectivity index (χ4n) is 1.87. The van der Waals surface area contributed by atoms with E-state index >= 15 is 0 Å². The van der Waals surface area contributed by atoms with Crippen molar-refractivity contribution in [1.82, 2.24) is 0 Å². The molecule has 0 saturated heterocycles. The first-order chi connectivity index (χ1) is 8.83. The Bertz CT molecular complexity index is 279. The van der Waals surface area contributed by atoms with Crippen LogP contribution in [0.5, 0.6) is 0 Å². The van der Waals surface area contributed by atoms with Crippen molar-refractivity contribution in [2.24, 2.45) is 0 Å². The van der Waals surface area contributed by atoms with Crippen LogP contribution in [0.4, 0.5) is 0 Å². The van der Waals surface area contributed by atoms with Gasteiger partial charge in [-0.25, -0.2) is 4.89 Å². The van der Waals surface area contributed by atoms with E-state index in [1.165, 1.54) is 38.5 Å². The molecule has 0 aromatic carbocycles. The van der Waals surface area contributed by atoms with Crippen LogP contribution in [0.1, 0.15) is 65.7 Å². The minimum Gasteiger partial charge on any atom is -0.286 e. The lowest BCUT2D eigenvalue weighted by Gasteiger charge is -2.35. The molecule has 0 heterocycles. The molecule has 1 unspecified atom stereocenters. The molecule has 1 aliphatic carbocycles. The molecule has 1 rings (SSSR count). The Hall–Kier alpha value is -0.123. The lowest BCUT2D eigenvalue weighted by Crippen LogP contribution is -2.41. The molecule has 1 aliphatic rings. The first kappa shape index (κ1) is 16.9. The van der Waals surface area contributed by atoms with E-state index in [1.54, 1.807) is 0 Å². The average molecular weight is 285 g/mol. The largest absolute Gasteiger partial charge is 0.286 e. The van der Waals surface area contributed by atoms with Crippen molar-refractivity contribution in [3.63, 3.8) is 0 Å². The zero-order valence-corrected chi connectivity index (χ0v) is 14.5. The minimum atomic E-state index is -1.80. The SMILES string of the molecule is CC(C)(C)[Si](C)(C)OOC1/C=C\CCCCCCC1. The van der Waals surface area contributed by atoms with Gasteiger partial charge in [-0.2, -0.15) is 0 Å². The maximum atomic E-state index is 5.89. The van der Waals surface area contributed by atoms with E-state index in [1.807, 2.05) is 0 Å². The molecule has 19 heavy (non-hydrogen) atoms. The molecule has 0 aromatic heterocycles. The zero-order valence-electron chi connectivity index (χ0n) is 13.5. The second-order valence-electron chi connectivity index (χ2n) is 7.25. The highest BCUT2D eigenvalue weighted by atomic mass is 28.4. The van der Waals surface area contributed by atoms with Crippen molar-refractivity contribution in [3.05, 3.63) is 12.2 Å². The second-order valence-corrected chi connectivity index (χ2v) is 11.9. The zero-order chi connectivity index (χ0) is 14.4. The highest BCUT2D eigenvalue weighted by molar-refractivity contribution is 6.73. The van der Waals surface area contributed by atoms with Crippen molar-refractivity contribution in [2.75, 3.05) is 0 Å². The molecule has 0 spiro atoms. The summed E-state index contributed by atoms with van der Waals surface area (Å²) in [6.07, 6.45) is 13.5. The third-order valence-electron chi connectivity index (χ3n) is 4.40. The van der Waals surface area contributed by atoms with Gasteiger partial charge in [-0.3, -0.25) is 4.58 Å². The first-order valence-electron chi connectivity index (χ1n) is 7.84. The molecule has 3 heteroatoms. The van der Waals surface area contributed by atoms with Crippen LogP contribution >= 0.6 is 0 Å². The lowest BCUT2D eigenvalue weighted by atomic mass is 10.0. The third kappa shape index (κ3) is 6.24. The fraction of sp³-hybridized carbons (Fsp3) is 0.875. The average Bonchev–Trinajstić information content (AvgIpc) is 2.32. The van der Waals surface area contributed by atoms with Gasteiger partial charge in [0, 0.05) is 0 Å². The Balaban J connectivity index is 2.48. The van der Waals surface area contributed by atoms with E-state index in [4.69, 9.17) is 9.46 Å². The smallest absolute Gasteiger partial charge is 0.238 e. The molecule has 0 radical (unpaired) electrons. The van der Waals surface area contributed by atoms with E-state index in [2.05, 4.69) is 46.0 Å². The fourth-order valence-corrected chi connectivity index (χ4v) is 2.48. The third-order valence-corrected chi connectivity index (χ3v) is 8.52. The molecule has 0 bridgehead atoms. The lowest BCUT2D eigenvalue weighted by molar-refractivity contribution is -0.246. The van der Waals surface area contributed by atoms with Gasteiger partial charge in [-0.1, -0.05) is 58.6 Å². The molecule has 112 valence electrons. The minimum absolute atomic E-state index is 0.146. The van der Waals surface area contributed by atoms with Crippen LogP contribution in [0.3, 0.4) is 0 Å². The Morgan fingerprint density at radius 2 is 1.63 bits per heavy atom. The van der Waals surface area contributed by atoms with Gasteiger partial charge in [0.1, 0.15) is 6.10 Å². The van der Waals surface area contributed by atoms with Crippen molar-refractivity contribution in [3.8, 4) is 0 Å². The second kappa shape index (κ2) is 7.60. The Morgan fingerprint density at radius 1 is 1.00 bits per heavy atom. The van der Waals surface area contributed by atoms with Crippen LogP contribution in [-0.4, -0.2) is 14.4 Å². The van der Waals surface area contributed by atoms with Gasteiger partial charge >= 0.3 is 0 Å². The van der Waals surface area contributed by atoms with Crippen LogP contribution < -0.4 is 0 Å². The van der Waals surface area contributed by atoms with E-state index in [0.29, 0.717) is 0 Å². The van der Waals surface area contributed by atoms with Crippen molar-refractivity contribution >= 4 is 8.32 Å². The summed E-state index contributed by atoms with van der Waals surface area (Å²) in [7, 11) is -1.80. The normalized spacial score (nSPS) is 25.0. The Kier molecular flexibility index (Phi) is 6.78. The summed E-state index contributed by atoms with van der Waals surface area (Å²) in [5.74, 6) is 0. The molecular weight excluding hydrogens is 252 g/mol. The van der Waals surface area contributed by atoms with Gasteiger partial charge in [0.2, 0.25) is 8.32 Å². The molecule has 1 atom stereocenters. The molecule has 2 nitrogen and oxygen atoms in total. The Morgan fingerprint density at radius 3 is 2.32 bits per heavy atom. The van der Waals surface area contributed by atoms with E-state index in [0.717, 1.165) is 6.42 Å². The molecule has 0 amide bonds. The maximum Gasteiger partial charge on any atom is 0.238 e. The highest BCUT2D eigenvalue weighted by Gasteiger charge is 2.39. The van der Waals surface area contributed by atoms with Crippen LogP contribution in [-0.2, 0) is 9.46 Å². The van der Waals surface area contributed by atoms with E-state index in [9.17, 15) is 0 Å². The Labute approximate surface area is 120 Å². The van der Waals surface area contributed by atoms with Crippen LogP contribution in [0.2, 0.25) is 18.1 Å². The summed E-state index contributed by atoms with van der Waals surface area (Å²) in [4.78, 5) is 5.78. The summed E-state index contributed by atoms with van der Waals surface area (Å²) in [6.45, 7) is 11.2. The quantitative estimate of drug-likeness (QED) is 0.290. The number of allylic oxidation sites excluding steroid dienone is 1. The number of rotatable bonds is 3. The predicted octanol–water partition coefficient (Wildman–Crippen LogP) is 5.61. The van der Waals surface area contributed by atoms with Gasteiger partial charge in [0.15, 0.2) is 0 Å². The molecule has 0 aliphatic heterocycles. The van der Waals surface area contributed by atoms with Gasteiger partial charge in [-0.05, 0) is 37.4 Å². The van der Waals surface area contributed by atoms with Crippen molar-refractivity contribution in [1.29, 1.82) is 0 Å². The summed E-state index contributed by atoms with van der Waals surface area (Å²) in [6, 6.07) is 0. The summed E-state index contributed by atoms with van der Waals surface area (Å²) >= 11 is 0. The summed E-state index contributed by atoms with van der Waals surface area (Å²) in [5.41, 5.74) is 0. The van der Waals surface area contributed by atoms with Crippen LogP contribution in [0, 0.1) is 0 Å². The predicted molar refractivity (Wildman–Crippen MR) is 84.6 cm³/mol. The monoisotopic (exact) mass is 284 g/mol. The van der Waals surface area contributed by atoms with Gasteiger partial charge in [-0.15, -0.1) is 0 Å². The van der Waals surface area contributed by atoms with E-state index in [-0.39, 0.29) is 11.1 Å². The van der Waals surface area contributed by atoms with Gasteiger partial charge in [0.05, 0.1) is 0 Å². The molecule has 0 N–H and O–H groups in total. The molecule has 0 fully saturated rings. The highest BCUT2D eigenvalue weighted by Crippen LogP contribution is 2.37. The van der Waals surface area contributed by atoms with Gasteiger partial charge < -0.3 is 0 Å². The van der Waals surface area contributed by atoms with Crippen molar-refractivity contribution in [2.45, 2.75) is 90.0 Å². The van der Waals surface area contributed by atoms with Crippen LogP contribution in [0.25, 0.3) is 0 Å². The standard InChI is InChI=1S/C16H32O2Si/c1-16(2,3)19(4,5)18-17-15-13-11-9-7-6-8-10-12-14-15/h11,13,15H,6-10,12,14H2,1-5H3/b13-11-. The van der Waals surface area contributed by atoms with Gasteiger partial charge in [0.25, 0.3) is 0 Å². The van der Waals surface area contributed by atoms with Crippen LogP contribution in [0.15, 0.2) is 12.2 Å². The summed E-state index contributed by atoms with van der Waals surface area (Å²) in [5, 5.41) is 0.201. The topological polar surface area (TPSA) is 18.5 Å². The molecular formula is C16H32O2Si. The maximum absolute atomic E-state index is 5.89. The molecule has 0 aromatic rings. The molecule has 0 saturated carbocycles. The number of hydrogen-bond donors (Lipinski definition) is 0. The first-order valence-corrected chi connectivity index (χ1v) is 10.7.